The van der Waals surface area contributed by atoms with Crippen LogP contribution in [0.4, 0.5) is 0 Å². The van der Waals surface area contributed by atoms with Crippen LogP contribution in [0.1, 0.15) is 47.0 Å². The Bertz CT molecular complexity index is 320. The summed E-state index contributed by atoms with van der Waals surface area (Å²) in [7, 11) is -1.68. The Kier molecular flexibility index (Phi) is 3.94. The van der Waals surface area contributed by atoms with Crippen molar-refractivity contribution in [1.82, 2.24) is 0 Å². The largest absolute Gasteiger partial charge is 0.409 e. The predicted molar refractivity (Wildman–Crippen MR) is 76.5 cm³/mol. The van der Waals surface area contributed by atoms with Crippen molar-refractivity contribution in [2.45, 2.75) is 58.0 Å². The second-order valence-corrected chi connectivity index (χ2v) is 10.8. The molecular weight excluding hydrogens is 224 g/mol. The Hall–Kier alpha value is -0.343. The molecule has 1 unspecified atom stereocenters. The zero-order valence-corrected chi connectivity index (χ0v) is 12.7. The molecule has 0 aromatic carbocycles. The van der Waals surface area contributed by atoms with E-state index in [1.165, 1.54) is 19.3 Å². The Morgan fingerprint density at radius 1 is 1.18 bits per heavy atom. The van der Waals surface area contributed by atoms with Crippen molar-refractivity contribution in [2.75, 3.05) is 6.61 Å². The van der Waals surface area contributed by atoms with E-state index in [0.717, 1.165) is 12.5 Å². The first-order valence-electron chi connectivity index (χ1n) is 7.08. The summed E-state index contributed by atoms with van der Waals surface area (Å²) in [5.74, 6) is 0.777. The fraction of sp³-hybridized carbons (Fsp3) is 0.733. The molecule has 0 saturated heterocycles. The molecular formula is C15H26OSi. The molecule has 1 atom stereocenters. The van der Waals surface area contributed by atoms with Crippen LogP contribution in [0.15, 0.2) is 23.4 Å². The monoisotopic (exact) mass is 250 g/mol. The summed E-state index contributed by atoms with van der Waals surface area (Å²) < 4.78 is 6.35. The highest BCUT2D eigenvalue weighted by atomic mass is 28.4. The summed E-state index contributed by atoms with van der Waals surface area (Å²) in [6.45, 7) is 10.3. The van der Waals surface area contributed by atoms with Crippen molar-refractivity contribution in [3.8, 4) is 0 Å². The molecule has 2 aliphatic rings. The number of hydrogen-bond donors (Lipinski definition) is 0. The predicted octanol–water partition coefficient (Wildman–Crippen LogP) is 4.60. The van der Waals surface area contributed by atoms with Crippen LogP contribution >= 0.6 is 0 Å². The highest BCUT2D eigenvalue weighted by Gasteiger charge is 2.49. The van der Waals surface area contributed by atoms with E-state index in [4.69, 9.17) is 4.43 Å². The van der Waals surface area contributed by atoms with Crippen molar-refractivity contribution < 1.29 is 4.43 Å². The first kappa shape index (κ1) is 13.1. The maximum atomic E-state index is 6.35. The summed E-state index contributed by atoms with van der Waals surface area (Å²) in [5.41, 5.74) is 1.39. The van der Waals surface area contributed by atoms with Gasteiger partial charge >= 0.3 is 0 Å². The maximum absolute atomic E-state index is 6.35. The van der Waals surface area contributed by atoms with E-state index in [1.54, 1.807) is 5.20 Å². The van der Waals surface area contributed by atoms with Gasteiger partial charge in [-0.2, -0.15) is 0 Å². The fourth-order valence-electron chi connectivity index (χ4n) is 3.74. The molecule has 0 saturated carbocycles. The molecule has 0 amide bonds. The highest BCUT2D eigenvalue weighted by molar-refractivity contribution is 6.83. The molecule has 0 spiro atoms. The molecule has 0 bridgehead atoms. The zero-order valence-electron chi connectivity index (χ0n) is 11.7. The molecule has 96 valence electrons. The van der Waals surface area contributed by atoms with E-state index in [2.05, 4.69) is 45.9 Å². The molecule has 0 aromatic rings. The van der Waals surface area contributed by atoms with Crippen molar-refractivity contribution in [3.05, 3.63) is 23.4 Å². The summed E-state index contributed by atoms with van der Waals surface area (Å²) >= 11 is 0. The van der Waals surface area contributed by atoms with Crippen LogP contribution in [0.3, 0.4) is 0 Å². The minimum Gasteiger partial charge on any atom is -0.409 e. The first-order valence-corrected chi connectivity index (χ1v) is 9.14. The Morgan fingerprint density at radius 2 is 1.88 bits per heavy atom. The lowest BCUT2D eigenvalue weighted by atomic mass is 9.94. The van der Waals surface area contributed by atoms with Gasteiger partial charge in [0.1, 0.15) is 0 Å². The summed E-state index contributed by atoms with van der Waals surface area (Å²) in [4.78, 5) is 0. The van der Waals surface area contributed by atoms with Gasteiger partial charge in [0.25, 0.3) is 0 Å². The molecule has 1 nitrogen and oxygen atoms in total. The molecule has 0 aromatic heterocycles. The van der Waals surface area contributed by atoms with Crippen LogP contribution in [0.25, 0.3) is 0 Å². The molecule has 17 heavy (non-hydrogen) atoms. The minimum atomic E-state index is -1.68. The fourth-order valence-corrected chi connectivity index (χ4v) is 8.90. The Balaban J connectivity index is 2.28. The van der Waals surface area contributed by atoms with E-state index in [0.29, 0.717) is 11.1 Å². The van der Waals surface area contributed by atoms with Gasteiger partial charge in [-0.1, -0.05) is 51.1 Å². The normalized spacial score (nSPS) is 27.9. The lowest BCUT2D eigenvalue weighted by Gasteiger charge is -2.40. The lowest BCUT2D eigenvalue weighted by Crippen LogP contribution is -2.46. The summed E-state index contributed by atoms with van der Waals surface area (Å²) in [5, 5.41) is 1.73. The van der Waals surface area contributed by atoms with Crippen LogP contribution in [0, 0.1) is 5.92 Å². The van der Waals surface area contributed by atoms with E-state index >= 15 is 0 Å². The smallest absolute Gasteiger partial charge is 0.225 e. The van der Waals surface area contributed by atoms with Gasteiger partial charge in [-0.25, -0.2) is 0 Å². The Labute approximate surface area is 107 Å². The highest BCUT2D eigenvalue weighted by Crippen LogP contribution is 2.47. The lowest BCUT2D eigenvalue weighted by molar-refractivity contribution is 0.345. The van der Waals surface area contributed by atoms with Crippen molar-refractivity contribution in [3.63, 3.8) is 0 Å². The van der Waals surface area contributed by atoms with Gasteiger partial charge in [0.05, 0.1) is 6.61 Å². The molecule has 2 heteroatoms. The van der Waals surface area contributed by atoms with Crippen LogP contribution < -0.4 is 0 Å². The molecule has 1 aliphatic carbocycles. The van der Waals surface area contributed by atoms with Gasteiger partial charge in [0.15, 0.2) is 0 Å². The first-order chi connectivity index (χ1) is 8.09. The third kappa shape index (κ3) is 2.17. The van der Waals surface area contributed by atoms with E-state index in [1.807, 2.05) is 0 Å². The van der Waals surface area contributed by atoms with Crippen LogP contribution in [-0.4, -0.2) is 14.9 Å². The van der Waals surface area contributed by atoms with Gasteiger partial charge in [0.2, 0.25) is 8.32 Å². The molecule has 1 aliphatic heterocycles. The van der Waals surface area contributed by atoms with Crippen molar-refractivity contribution >= 4 is 8.32 Å². The van der Waals surface area contributed by atoms with Crippen LogP contribution in [0.5, 0.6) is 0 Å². The van der Waals surface area contributed by atoms with E-state index in [9.17, 15) is 0 Å². The second-order valence-electron chi connectivity index (χ2n) is 6.05. The van der Waals surface area contributed by atoms with E-state index < -0.39 is 8.32 Å². The average molecular weight is 250 g/mol. The standard InChI is InChI=1S/C15H26OSi/c1-12(2)17(13(3)4)15(10-11-16-17)14-8-6-5-7-9-14/h5-6,10,12-14H,7-9,11H2,1-4H3. The van der Waals surface area contributed by atoms with Gasteiger partial charge in [0, 0.05) is 0 Å². The van der Waals surface area contributed by atoms with Crippen LogP contribution in [0.2, 0.25) is 11.1 Å². The van der Waals surface area contributed by atoms with Gasteiger partial charge in [-0.15, -0.1) is 0 Å². The summed E-state index contributed by atoms with van der Waals surface area (Å²) in [6.07, 6.45) is 11.0. The van der Waals surface area contributed by atoms with Crippen molar-refractivity contribution in [2.24, 2.45) is 5.92 Å². The van der Waals surface area contributed by atoms with E-state index in [-0.39, 0.29) is 0 Å². The molecule has 0 radical (unpaired) electrons. The third-order valence-electron chi connectivity index (χ3n) is 4.50. The molecule has 1 heterocycles. The second kappa shape index (κ2) is 5.11. The van der Waals surface area contributed by atoms with Crippen LogP contribution in [-0.2, 0) is 4.43 Å². The third-order valence-corrected chi connectivity index (χ3v) is 10.1. The zero-order chi connectivity index (χ0) is 12.5. The molecule has 0 N–H and O–H groups in total. The molecule has 2 rings (SSSR count). The Morgan fingerprint density at radius 3 is 2.41 bits per heavy atom. The van der Waals surface area contributed by atoms with Gasteiger partial charge in [-0.05, 0) is 36.3 Å². The topological polar surface area (TPSA) is 9.23 Å². The molecule has 0 fully saturated rings. The van der Waals surface area contributed by atoms with Gasteiger partial charge < -0.3 is 4.43 Å². The number of allylic oxidation sites excluding steroid dienone is 3. The number of rotatable bonds is 3. The summed E-state index contributed by atoms with van der Waals surface area (Å²) in [6, 6.07) is 0. The average Bonchev–Trinajstić information content (AvgIpc) is 2.75. The minimum absolute atomic E-state index is 0.696. The quantitative estimate of drug-likeness (QED) is 0.525. The number of hydrogen-bond acceptors (Lipinski definition) is 1. The SMILES string of the molecule is CC(C)[Si]1(C(C)C)OCC=C1C1CC=CCC1. The van der Waals surface area contributed by atoms with Gasteiger partial charge in [-0.3, -0.25) is 0 Å². The maximum Gasteiger partial charge on any atom is 0.225 e. The van der Waals surface area contributed by atoms with Crippen molar-refractivity contribution in [1.29, 1.82) is 0 Å².